The number of ketones is 3. The number of aromatic nitrogens is 4. The maximum Gasteiger partial charge on any atom is 0.305 e. The lowest BCUT2D eigenvalue weighted by molar-refractivity contribution is -0.142. The van der Waals surface area contributed by atoms with E-state index in [1.165, 1.54) is 44.2 Å². The van der Waals surface area contributed by atoms with E-state index < -0.39 is 187 Å². The largest absolute Gasteiger partial charge is 0.508 e. The molecular weight excluding hydrogens is 1460 g/mol. The lowest BCUT2D eigenvalue weighted by Crippen LogP contribution is -2.62. The monoisotopic (exact) mass is 1570 g/mol. The van der Waals surface area contributed by atoms with E-state index in [1.54, 1.807) is 36.4 Å². The second-order valence-corrected chi connectivity index (χ2v) is 28.8. The number of carbonyl (C=O) groups excluding carboxylic acids is 11. The Balaban J connectivity index is 1.16. The van der Waals surface area contributed by atoms with Crippen molar-refractivity contribution in [2.24, 2.45) is 28.5 Å². The maximum atomic E-state index is 15.6. The fourth-order valence-corrected chi connectivity index (χ4v) is 12.8. The lowest BCUT2D eigenvalue weighted by atomic mass is 9.76. The molecule has 5 aromatic carbocycles. The molecule has 610 valence electrons. The summed E-state index contributed by atoms with van der Waals surface area (Å²) in [6.45, 7) is 10.5. The highest BCUT2D eigenvalue weighted by Crippen LogP contribution is 2.32. The number of aliphatic hydroxyl groups excluding tert-OH is 3. The molecule has 1 heterocycles. The van der Waals surface area contributed by atoms with Gasteiger partial charge in [-0.3, -0.25) is 57.5 Å². The summed E-state index contributed by atoms with van der Waals surface area (Å²) in [6, 6.07) is 16.6. The Morgan fingerprint density at radius 3 is 1.84 bits per heavy atom. The molecule has 0 aliphatic carbocycles. The number of tetrazole rings is 1. The number of hydrogen-bond acceptors (Lipinski definition) is 22. The molecule has 0 fully saturated rings. The number of nitrogens with two attached hydrogens (primary N) is 3. The molecule has 8 amide bonds. The summed E-state index contributed by atoms with van der Waals surface area (Å²) in [7, 11) is 0. The van der Waals surface area contributed by atoms with Crippen molar-refractivity contribution < 1.29 is 92.2 Å². The van der Waals surface area contributed by atoms with Crippen LogP contribution in [0.25, 0.3) is 11.1 Å². The number of amides is 8. The van der Waals surface area contributed by atoms with Gasteiger partial charge in [0.15, 0.2) is 23.2 Å². The van der Waals surface area contributed by atoms with Crippen LogP contribution in [-0.2, 0) is 96.1 Å². The number of Topliss-reactive ketones (excluding diaryl/α,β-unsaturated/α-hetero) is 3. The molecule has 12 atom stereocenters. The van der Waals surface area contributed by atoms with Gasteiger partial charge in [-0.1, -0.05) is 116 Å². The van der Waals surface area contributed by atoms with E-state index >= 15 is 4.39 Å². The number of aromatic hydroxyl groups is 1. The SMILES string of the molecule is CCc1cc(OCCCCN)ccc1-c1ccc(C[C@H](NC(=O)[C@H](CC(=O)O)NC(=O)[C@H](CO)NC(=O)[C@@H](NC(=O)[C@@](C)(CC(=O)[C@@H](NC(=O)CCC(=O)[C@H](Cc2nn[nH]n2)NC(=O)[C@H](C)CC(=O)[C@@H](N)Cc2ccc(O)cc2)[C@@H](C)O)Cc2ccccc2F)[C@@H](C)O)C(=O)N[C@@H](CCCc2cc(C)cc(C)c2)C(N)=O)cc1. The van der Waals surface area contributed by atoms with Crippen molar-refractivity contribution in [2.75, 3.05) is 19.8 Å². The van der Waals surface area contributed by atoms with Crippen molar-refractivity contribution in [2.45, 2.75) is 205 Å². The summed E-state index contributed by atoms with van der Waals surface area (Å²) in [5.41, 5.74) is 22.2. The fraction of sp³-hybridized carbons (Fsp3) is 0.463. The molecule has 0 aliphatic heterocycles. The first-order valence-corrected chi connectivity index (χ1v) is 37.4. The summed E-state index contributed by atoms with van der Waals surface area (Å²) < 4.78 is 21.5. The highest BCUT2D eigenvalue weighted by Gasteiger charge is 2.43. The van der Waals surface area contributed by atoms with Gasteiger partial charge in [0.1, 0.15) is 53.6 Å². The first kappa shape index (κ1) is 90.6. The number of ether oxygens (including phenoxy) is 1. The molecule has 32 nitrogen and oxygen atoms in total. The highest BCUT2D eigenvalue weighted by molar-refractivity contribution is 6.00. The fourth-order valence-electron chi connectivity index (χ4n) is 12.8. The van der Waals surface area contributed by atoms with Crippen LogP contribution in [0.5, 0.6) is 11.5 Å². The molecule has 0 saturated carbocycles. The summed E-state index contributed by atoms with van der Waals surface area (Å²) >= 11 is 0. The van der Waals surface area contributed by atoms with E-state index in [0.29, 0.717) is 49.3 Å². The summed E-state index contributed by atoms with van der Waals surface area (Å²) in [5, 5.41) is 82.7. The average Bonchev–Trinajstić information content (AvgIpc) is 1.23. The van der Waals surface area contributed by atoms with E-state index in [-0.39, 0.29) is 49.2 Å². The number of nitrogens with one attached hydrogen (secondary N) is 8. The Bertz CT molecular complexity index is 4240. The first-order valence-electron chi connectivity index (χ1n) is 37.4. The predicted octanol–water partition coefficient (Wildman–Crippen LogP) is 1.65. The lowest BCUT2D eigenvalue weighted by Gasteiger charge is -2.33. The smallest absolute Gasteiger partial charge is 0.305 e. The molecular formula is C80H105FN14O18. The number of carbonyl (C=O) groups is 12. The van der Waals surface area contributed by atoms with Crippen LogP contribution in [0.3, 0.4) is 0 Å². The summed E-state index contributed by atoms with van der Waals surface area (Å²) in [6.07, 6.45) is -5.04. The minimum absolute atomic E-state index is 0.00956. The molecule has 0 aliphatic rings. The number of carboxylic acid groups (broad SMARTS) is 1. The van der Waals surface area contributed by atoms with E-state index in [4.69, 9.17) is 21.9 Å². The van der Waals surface area contributed by atoms with Crippen molar-refractivity contribution in [1.82, 2.24) is 57.8 Å². The van der Waals surface area contributed by atoms with Crippen LogP contribution in [0.4, 0.5) is 4.39 Å². The molecule has 0 bridgehead atoms. The maximum absolute atomic E-state index is 15.6. The molecule has 19 N–H and O–H groups in total. The first-order chi connectivity index (χ1) is 53.6. The molecule has 33 heteroatoms. The van der Waals surface area contributed by atoms with Crippen molar-refractivity contribution in [3.63, 3.8) is 0 Å². The van der Waals surface area contributed by atoms with E-state index in [1.807, 2.05) is 57.2 Å². The number of phenolic OH excluding ortho intramolecular Hbond substituents is 1. The standard InChI is InChI=1S/C80H105FN14O18/c1-8-52-38-56(113-31-12-11-30-82)26-27-57(52)53-22-18-50(19-23-53)37-62(75(108)85-60(73(84)106)17-13-14-51-33-44(2)32-45(3)34-51)87-76(109)63(40-70(104)105)88-77(110)64(43-96)89-78(111)72(48(6)98)91-79(112)80(7,41-54-15-9-10-16-58(54)81)42-67(102)71(47(5)97)90-69(103)29-28-65(100)61(39-68-92-94-95-93-68)86-74(107)46(4)35-66(101)59(83)36-49-20-24-55(99)25-21-49/h9-10,15-16,18-27,32-34,38,46-48,59-64,71-72,96-99H,8,11-14,17,28-31,35-37,39-43,82-83H2,1-7H3,(H2,84,106)(H,85,108)(H,86,107)(H,87,109)(H,88,110)(H,89,111)(H,90,103)(H,91,112)(H,104,105)(H,92,93,94,95)/t46-,47-,48-,59+,60+,61+,62+,63+,64+,71+,72+,80-/m1/s1. The molecule has 0 spiro atoms. The van der Waals surface area contributed by atoms with E-state index in [2.05, 4.69) is 57.8 Å². The third-order valence-electron chi connectivity index (χ3n) is 19.1. The van der Waals surface area contributed by atoms with Gasteiger partial charge >= 0.3 is 5.97 Å². The summed E-state index contributed by atoms with van der Waals surface area (Å²) in [4.78, 5) is 166. The number of hydrogen-bond donors (Lipinski definition) is 16. The Hall–Kier alpha value is -11.3. The predicted molar refractivity (Wildman–Crippen MR) is 412 cm³/mol. The van der Waals surface area contributed by atoms with Gasteiger partial charge < -0.3 is 84.7 Å². The Morgan fingerprint density at radius 2 is 1.23 bits per heavy atom. The van der Waals surface area contributed by atoms with Gasteiger partial charge in [-0.2, -0.15) is 5.21 Å². The van der Waals surface area contributed by atoms with Crippen LogP contribution in [0, 0.1) is 31.0 Å². The van der Waals surface area contributed by atoms with Crippen LogP contribution < -0.4 is 59.2 Å². The quantitative estimate of drug-likeness (QED) is 0.0241. The zero-order valence-corrected chi connectivity index (χ0v) is 64.5. The topological polar surface area (TPSA) is 532 Å². The Labute approximate surface area is 653 Å². The second-order valence-electron chi connectivity index (χ2n) is 28.8. The molecule has 0 radical (unpaired) electrons. The molecule has 1 aromatic heterocycles. The van der Waals surface area contributed by atoms with Gasteiger partial charge in [0.05, 0.1) is 49.3 Å². The normalized spacial score (nSPS) is 14.7. The number of H-pyrrole nitrogens is 1. The minimum atomic E-state index is -2.14. The van der Waals surface area contributed by atoms with E-state index in [0.717, 1.165) is 66.1 Å². The van der Waals surface area contributed by atoms with Gasteiger partial charge in [0, 0.05) is 44.4 Å². The van der Waals surface area contributed by atoms with Gasteiger partial charge in [0.2, 0.25) is 47.3 Å². The second kappa shape index (κ2) is 44.1. The van der Waals surface area contributed by atoms with Crippen LogP contribution in [0.1, 0.15) is 137 Å². The number of benzene rings is 5. The zero-order chi connectivity index (χ0) is 83.2. The number of carboxylic acids is 1. The number of aromatic amines is 1. The van der Waals surface area contributed by atoms with Gasteiger partial charge in [-0.25, -0.2) is 4.39 Å². The van der Waals surface area contributed by atoms with Crippen LogP contribution >= 0.6 is 0 Å². The number of rotatable bonds is 48. The molecule has 6 aromatic rings. The third kappa shape index (κ3) is 28.8. The number of halogens is 1. The third-order valence-corrected chi connectivity index (χ3v) is 19.1. The number of aliphatic carboxylic acids is 1. The highest BCUT2D eigenvalue weighted by atomic mass is 19.1. The minimum Gasteiger partial charge on any atom is -0.508 e. The number of phenols is 1. The molecule has 0 saturated heterocycles. The molecule has 113 heavy (non-hydrogen) atoms. The van der Waals surface area contributed by atoms with Gasteiger partial charge in [0.25, 0.3) is 0 Å². The zero-order valence-electron chi connectivity index (χ0n) is 64.5. The average molecular weight is 1570 g/mol. The number of aryl methyl sites for hydroxylation is 4. The van der Waals surface area contributed by atoms with Crippen LogP contribution in [-0.4, -0.2) is 197 Å². The van der Waals surface area contributed by atoms with Gasteiger partial charge in [-0.15, -0.1) is 10.2 Å². The van der Waals surface area contributed by atoms with Crippen molar-refractivity contribution in [3.8, 4) is 22.6 Å². The molecule has 0 unspecified atom stereocenters. The van der Waals surface area contributed by atoms with Crippen molar-refractivity contribution in [3.05, 3.63) is 160 Å². The van der Waals surface area contributed by atoms with Crippen molar-refractivity contribution >= 4 is 70.6 Å². The van der Waals surface area contributed by atoms with Crippen LogP contribution in [0.2, 0.25) is 0 Å². The molecule has 6 rings (SSSR count). The number of unbranched alkanes of at least 4 members (excludes halogenated alkanes) is 1. The Kier molecular flexibility index (Phi) is 35.4. The van der Waals surface area contributed by atoms with E-state index in [9.17, 15) is 83.1 Å². The number of primary amides is 1. The number of aliphatic hydroxyl groups is 3. The van der Waals surface area contributed by atoms with Crippen molar-refractivity contribution in [1.29, 1.82) is 0 Å². The van der Waals surface area contributed by atoms with Gasteiger partial charge in [-0.05, 0) is 155 Å². The number of nitrogens with zero attached hydrogens (tertiary/aromatic N) is 3. The van der Waals surface area contributed by atoms with Crippen LogP contribution in [0.15, 0.2) is 109 Å². The Morgan fingerprint density at radius 1 is 0.619 bits per heavy atom. The summed E-state index contributed by atoms with van der Waals surface area (Å²) in [5.74, 6) is -13.8.